The highest BCUT2D eigenvalue weighted by Crippen LogP contribution is 2.19. The lowest BCUT2D eigenvalue weighted by Gasteiger charge is -2.12. The number of nitrogens with zero attached hydrogens (tertiary/aromatic N) is 3. The molecular weight excluding hydrogens is 360 g/mol. The first-order valence-electron chi connectivity index (χ1n) is 9.17. The Balaban J connectivity index is 1.85. The number of hydrogen-bond donors (Lipinski definition) is 1. The Kier molecular flexibility index (Phi) is 5.62. The largest absolute Gasteiger partial charge is 0.311 e. The van der Waals surface area contributed by atoms with E-state index in [2.05, 4.69) is 42.4 Å². The summed E-state index contributed by atoms with van der Waals surface area (Å²) in [5, 5.41) is 0. The van der Waals surface area contributed by atoms with Gasteiger partial charge in [0.15, 0.2) is 5.65 Å². The van der Waals surface area contributed by atoms with Crippen LogP contribution in [0.5, 0.6) is 0 Å². The molecule has 3 rings (SSSR count). The van der Waals surface area contributed by atoms with Gasteiger partial charge >= 0.3 is 0 Å². The van der Waals surface area contributed by atoms with Crippen LogP contribution < -0.4 is 4.72 Å². The number of benzene rings is 1. The lowest BCUT2D eigenvalue weighted by Crippen LogP contribution is -2.25. The zero-order valence-electron chi connectivity index (χ0n) is 16.2. The first-order valence-corrected chi connectivity index (χ1v) is 10.7. The average molecular weight is 387 g/mol. The van der Waals surface area contributed by atoms with Gasteiger partial charge in [0.25, 0.3) is 0 Å². The zero-order valence-corrected chi connectivity index (χ0v) is 17.0. The Hall–Kier alpha value is -2.25. The molecule has 2 heterocycles. The highest BCUT2D eigenvalue weighted by Gasteiger charge is 2.18. The minimum Gasteiger partial charge on any atom is -0.311 e. The van der Waals surface area contributed by atoms with Crippen molar-refractivity contribution in [1.29, 1.82) is 0 Å². The number of imidazole rings is 1. The van der Waals surface area contributed by atoms with E-state index in [1.807, 2.05) is 28.8 Å². The molecule has 27 heavy (non-hydrogen) atoms. The van der Waals surface area contributed by atoms with Crippen LogP contribution in [0.2, 0.25) is 0 Å². The molecule has 144 valence electrons. The molecule has 1 N–H and O–H groups in total. The smallest absolute Gasteiger partial charge is 0.240 e. The van der Waals surface area contributed by atoms with Crippen molar-refractivity contribution in [3.8, 4) is 0 Å². The molecule has 0 saturated carbocycles. The monoisotopic (exact) mass is 386 g/mol. The van der Waals surface area contributed by atoms with Crippen LogP contribution in [0.1, 0.15) is 45.0 Å². The normalized spacial score (nSPS) is 12.4. The van der Waals surface area contributed by atoms with Crippen molar-refractivity contribution < 1.29 is 8.42 Å². The second kappa shape index (κ2) is 7.78. The Morgan fingerprint density at radius 3 is 2.41 bits per heavy atom. The van der Waals surface area contributed by atoms with Crippen LogP contribution >= 0.6 is 0 Å². The van der Waals surface area contributed by atoms with Crippen molar-refractivity contribution in [2.75, 3.05) is 0 Å². The predicted molar refractivity (Wildman–Crippen MR) is 107 cm³/mol. The molecule has 1 aromatic carbocycles. The molecule has 0 amide bonds. The van der Waals surface area contributed by atoms with E-state index >= 15 is 0 Å². The summed E-state index contributed by atoms with van der Waals surface area (Å²) in [5.41, 5.74) is 2.66. The third-order valence-electron chi connectivity index (χ3n) is 4.41. The summed E-state index contributed by atoms with van der Waals surface area (Å²) in [6, 6.07) is 10.7. The first kappa shape index (κ1) is 19.5. The third-order valence-corrected chi connectivity index (χ3v) is 5.83. The average Bonchev–Trinajstić information content (AvgIpc) is 2.97. The van der Waals surface area contributed by atoms with Crippen molar-refractivity contribution in [2.45, 2.75) is 51.6 Å². The molecule has 0 unspecified atom stereocenters. The summed E-state index contributed by atoms with van der Waals surface area (Å²) < 4.78 is 30.0. The molecule has 7 heteroatoms. The number of pyridine rings is 1. The maximum atomic E-state index is 12.7. The van der Waals surface area contributed by atoms with Crippen molar-refractivity contribution in [3.05, 3.63) is 54.0 Å². The molecule has 0 aliphatic heterocycles. The van der Waals surface area contributed by atoms with Gasteiger partial charge in [-0.2, -0.15) is 0 Å². The molecule has 0 atom stereocenters. The molecule has 0 radical (unpaired) electrons. The van der Waals surface area contributed by atoms with Crippen LogP contribution in [-0.2, 0) is 23.1 Å². The molecule has 0 saturated heterocycles. The number of hydrogen-bond acceptors (Lipinski definition) is 4. The molecule has 2 aromatic heterocycles. The highest BCUT2D eigenvalue weighted by molar-refractivity contribution is 7.89. The summed E-state index contributed by atoms with van der Waals surface area (Å²) in [6.45, 7) is 9.23. The lowest BCUT2D eigenvalue weighted by atomic mass is 10.0. The molecule has 0 bridgehead atoms. The van der Waals surface area contributed by atoms with Gasteiger partial charge in [-0.1, -0.05) is 39.8 Å². The fourth-order valence-electron chi connectivity index (χ4n) is 2.97. The Bertz CT molecular complexity index is 1020. The van der Waals surface area contributed by atoms with Crippen LogP contribution in [0.15, 0.2) is 47.5 Å². The molecule has 0 fully saturated rings. The molecule has 6 nitrogen and oxygen atoms in total. The Morgan fingerprint density at radius 2 is 1.78 bits per heavy atom. The second-order valence-corrected chi connectivity index (χ2v) is 9.19. The lowest BCUT2D eigenvalue weighted by molar-refractivity contribution is 0.510. The van der Waals surface area contributed by atoms with Gasteiger partial charge in [0, 0.05) is 12.7 Å². The van der Waals surface area contributed by atoms with Gasteiger partial charge in [0.1, 0.15) is 11.3 Å². The summed E-state index contributed by atoms with van der Waals surface area (Å²) >= 11 is 0. The van der Waals surface area contributed by atoms with Crippen molar-refractivity contribution >= 4 is 21.2 Å². The van der Waals surface area contributed by atoms with Crippen molar-refractivity contribution in [2.24, 2.45) is 5.92 Å². The molecule has 0 aliphatic carbocycles. The minimum atomic E-state index is -3.61. The standard InChI is InChI=1S/C20H26N4O2S/c1-14(2)13-24-19(23-18-6-5-11-21-20(18)24)12-22-27(25,26)17-9-7-16(8-10-17)15(3)4/h5-11,14-15,22H,12-13H2,1-4H3. The van der Waals surface area contributed by atoms with Crippen molar-refractivity contribution in [1.82, 2.24) is 19.3 Å². The third kappa shape index (κ3) is 4.36. The van der Waals surface area contributed by atoms with Gasteiger partial charge in [-0.05, 0) is 41.7 Å². The summed E-state index contributed by atoms with van der Waals surface area (Å²) in [5.74, 6) is 1.42. The van der Waals surface area contributed by atoms with Gasteiger partial charge < -0.3 is 4.57 Å². The number of rotatable bonds is 7. The first-order chi connectivity index (χ1) is 12.8. The molecule has 0 spiro atoms. The van der Waals surface area contributed by atoms with E-state index in [0.717, 1.165) is 23.3 Å². The van der Waals surface area contributed by atoms with Crippen LogP contribution in [0.4, 0.5) is 0 Å². The van der Waals surface area contributed by atoms with Crippen molar-refractivity contribution in [3.63, 3.8) is 0 Å². The zero-order chi connectivity index (χ0) is 19.6. The Morgan fingerprint density at radius 1 is 1.07 bits per heavy atom. The quantitative estimate of drug-likeness (QED) is 0.672. The predicted octanol–water partition coefficient (Wildman–Crippen LogP) is 3.69. The van der Waals surface area contributed by atoms with Crippen LogP contribution in [0, 0.1) is 5.92 Å². The fraction of sp³-hybridized carbons (Fsp3) is 0.400. The highest BCUT2D eigenvalue weighted by atomic mass is 32.2. The van der Waals surface area contributed by atoms with E-state index in [-0.39, 0.29) is 11.4 Å². The summed E-state index contributed by atoms with van der Waals surface area (Å²) in [6.07, 6.45) is 1.73. The number of nitrogens with one attached hydrogen (secondary N) is 1. The van der Waals surface area contributed by atoms with E-state index in [4.69, 9.17) is 0 Å². The minimum absolute atomic E-state index is 0.122. The maximum Gasteiger partial charge on any atom is 0.240 e. The second-order valence-electron chi connectivity index (χ2n) is 7.43. The van der Waals surface area contributed by atoms with E-state index in [9.17, 15) is 8.42 Å². The molecular formula is C20H26N4O2S. The van der Waals surface area contributed by atoms with Crippen LogP contribution in [0.25, 0.3) is 11.2 Å². The van der Waals surface area contributed by atoms with Crippen LogP contribution in [0.3, 0.4) is 0 Å². The molecule has 3 aromatic rings. The fourth-order valence-corrected chi connectivity index (χ4v) is 3.95. The van der Waals surface area contributed by atoms with E-state index < -0.39 is 10.0 Å². The van der Waals surface area contributed by atoms with E-state index in [0.29, 0.717) is 17.7 Å². The van der Waals surface area contributed by atoms with Gasteiger partial charge in [0.2, 0.25) is 10.0 Å². The van der Waals surface area contributed by atoms with Gasteiger partial charge in [-0.25, -0.2) is 23.1 Å². The molecule has 0 aliphatic rings. The van der Waals surface area contributed by atoms with Gasteiger partial charge in [-0.15, -0.1) is 0 Å². The SMILES string of the molecule is CC(C)Cn1c(CNS(=O)(=O)c2ccc(C(C)C)cc2)nc2cccnc21. The van der Waals surface area contributed by atoms with Crippen LogP contribution in [-0.4, -0.2) is 23.0 Å². The topological polar surface area (TPSA) is 76.9 Å². The van der Waals surface area contributed by atoms with Gasteiger partial charge in [0.05, 0.1) is 11.4 Å². The summed E-state index contributed by atoms with van der Waals surface area (Å²) in [7, 11) is -3.61. The number of aromatic nitrogens is 3. The number of sulfonamides is 1. The van der Waals surface area contributed by atoms with E-state index in [1.54, 1.807) is 18.3 Å². The van der Waals surface area contributed by atoms with Gasteiger partial charge in [-0.3, -0.25) is 0 Å². The maximum absolute atomic E-state index is 12.7. The Labute approximate surface area is 160 Å². The van der Waals surface area contributed by atoms with E-state index in [1.165, 1.54) is 0 Å². The number of fused-ring (bicyclic) bond motifs is 1. The summed E-state index contributed by atoms with van der Waals surface area (Å²) in [4.78, 5) is 9.24.